The van der Waals surface area contributed by atoms with Crippen LogP contribution < -0.4 is 5.82 Å². The highest BCUT2D eigenvalue weighted by Gasteiger charge is 2.07. The molecule has 0 amide bonds. The highest BCUT2D eigenvalue weighted by Crippen LogP contribution is 2.06. The molecule has 0 saturated carbocycles. The van der Waals surface area contributed by atoms with Crippen molar-refractivity contribution in [1.29, 1.82) is 0 Å². The van der Waals surface area contributed by atoms with Crippen LogP contribution in [0.15, 0.2) is 44.0 Å². The number of hydrogen-bond donors (Lipinski definition) is 0. The lowest BCUT2D eigenvalue weighted by molar-refractivity contribution is 0.120. The molecular formula is C13H14O4. The Morgan fingerprint density at radius 3 is 2.59 bits per heavy atom. The molecule has 4 heteroatoms. The van der Waals surface area contributed by atoms with Gasteiger partial charge < -0.3 is 13.6 Å². The lowest BCUT2D eigenvalue weighted by atomic mass is 10.2. The Morgan fingerprint density at radius 2 is 1.94 bits per heavy atom. The fourth-order valence-corrected chi connectivity index (χ4v) is 1.53. The number of benzene rings is 1. The van der Waals surface area contributed by atoms with Crippen LogP contribution in [0.5, 0.6) is 0 Å². The zero-order valence-electron chi connectivity index (χ0n) is 9.64. The Bertz CT molecular complexity index is 510. The first-order valence-electron chi connectivity index (χ1n) is 5.47. The van der Waals surface area contributed by atoms with Crippen molar-refractivity contribution in [3.8, 4) is 0 Å². The van der Waals surface area contributed by atoms with E-state index in [0.29, 0.717) is 31.2 Å². The van der Waals surface area contributed by atoms with Gasteiger partial charge in [0.2, 0.25) is 0 Å². The van der Waals surface area contributed by atoms with Crippen LogP contribution >= 0.6 is 0 Å². The summed E-state index contributed by atoms with van der Waals surface area (Å²) in [5.41, 5.74) is 1.12. The smallest absolute Gasteiger partial charge is 0.396 e. The second kappa shape index (κ2) is 5.50. The van der Waals surface area contributed by atoms with Crippen LogP contribution in [0.25, 0.3) is 0 Å². The van der Waals surface area contributed by atoms with E-state index in [1.165, 1.54) is 0 Å². The Kier molecular flexibility index (Phi) is 3.77. The minimum absolute atomic E-state index is 0.498. The molecule has 0 radical (unpaired) electrons. The van der Waals surface area contributed by atoms with Crippen molar-refractivity contribution in [2.24, 2.45) is 0 Å². The molecule has 90 valence electrons. The summed E-state index contributed by atoms with van der Waals surface area (Å²) < 4.78 is 15.1. The van der Waals surface area contributed by atoms with Gasteiger partial charge in [0.05, 0.1) is 13.2 Å². The van der Waals surface area contributed by atoms with E-state index in [2.05, 4.69) is 0 Å². The lowest BCUT2D eigenvalue weighted by Gasteiger charge is -2.02. The van der Waals surface area contributed by atoms with Crippen LogP contribution in [0.3, 0.4) is 0 Å². The van der Waals surface area contributed by atoms with Crippen molar-refractivity contribution in [2.45, 2.75) is 20.0 Å². The van der Waals surface area contributed by atoms with Gasteiger partial charge >= 0.3 is 5.82 Å². The van der Waals surface area contributed by atoms with Gasteiger partial charge in [-0.05, 0) is 12.5 Å². The van der Waals surface area contributed by atoms with Gasteiger partial charge in [0.25, 0.3) is 0 Å². The van der Waals surface area contributed by atoms with E-state index in [4.69, 9.17) is 13.6 Å². The molecule has 2 rings (SSSR count). The number of hydrogen-bond acceptors (Lipinski definition) is 4. The van der Waals surface area contributed by atoms with Crippen LogP contribution in [-0.2, 0) is 17.8 Å². The molecule has 0 aliphatic carbocycles. The van der Waals surface area contributed by atoms with Gasteiger partial charge in [-0.15, -0.1) is 0 Å². The van der Waals surface area contributed by atoms with E-state index >= 15 is 0 Å². The van der Waals surface area contributed by atoms with Gasteiger partial charge in [-0.25, -0.2) is 4.79 Å². The molecular weight excluding hydrogens is 220 g/mol. The molecule has 17 heavy (non-hydrogen) atoms. The summed E-state index contributed by atoms with van der Waals surface area (Å²) in [4.78, 5) is 10.8. The highest BCUT2D eigenvalue weighted by molar-refractivity contribution is 5.13. The van der Waals surface area contributed by atoms with Gasteiger partial charge in [0.15, 0.2) is 5.76 Å². The summed E-state index contributed by atoms with van der Waals surface area (Å²) >= 11 is 0. The summed E-state index contributed by atoms with van der Waals surface area (Å²) in [7, 11) is 0. The Hall–Kier alpha value is -1.81. The molecule has 0 N–H and O–H groups in total. The molecule has 0 bridgehead atoms. The second-order valence-electron chi connectivity index (χ2n) is 3.72. The molecule has 0 unspecified atom stereocenters. The summed E-state index contributed by atoms with van der Waals surface area (Å²) in [5.74, 6) is 0.432. The maximum atomic E-state index is 10.8. The standard InChI is InChI=1S/C13H14O4/c1-10-12(17-13(14)16-10)7-8-15-9-11-5-3-2-4-6-11/h2-6H,7-9H2,1H3. The molecule has 0 saturated heterocycles. The molecule has 0 spiro atoms. The van der Waals surface area contributed by atoms with Gasteiger partial charge in [-0.2, -0.15) is 0 Å². The average Bonchev–Trinajstić information content (AvgIpc) is 2.65. The lowest BCUT2D eigenvalue weighted by Crippen LogP contribution is -1.99. The SMILES string of the molecule is Cc1oc(=O)oc1CCOCc1ccccc1. The first-order chi connectivity index (χ1) is 8.25. The van der Waals surface area contributed by atoms with Crippen LogP contribution in [-0.4, -0.2) is 6.61 Å². The minimum atomic E-state index is -0.652. The van der Waals surface area contributed by atoms with Crippen molar-refractivity contribution in [2.75, 3.05) is 6.61 Å². The van der Waals surface area contributed by atoms with E-state index in [9.17, 15) is 4.79 Å². The van der Waals surface area contributed by atoms with Gasteiger partial charge in [0, 0.05) is 6.42 Å². The Labute approximate surface area is 98.8 Å². The monoisotopic (exact) mass is 234 g/mol. The summed E-state index contributed by atoms with van der Waals surface area (Å²) in [6, 6.07) is 9.91. The van der Waals surface area contributed by atoms with Crippen molar-refractivity contribution in [3.05, 3.63) is 58.0 Å². The molecule has 1 aromatic carbocycles. The van der Waals surface area contributed by atoms with Crippen molar-refractivity contribution >= 4 is 0 Å². The van der Waals surface area contributed by atoms with Crippen LogP contribution in [0.1, 0.15) is 17.1 Å². The van der Waals surface area contributed by atoms with Crippen LogP contribution in [0.4, 0.5) is 0 Å². The molecule has 1 heterocycles. The first-order valence-corrected chi connectivity index (χ1v) is 5.47. The minimum Gasteiger partial charge on any atom is -0.396 e. The summed E-state index contributed by atoms with van der Waals surface area (Å²) in [5, 5.41) is 0. The van der Waals surface area contributed by atoms with Gasteiger partial charge in [-0.1, -0.05) is 30.3 Å². The van der Waals surface area contributed by atoms with Crippen LogP contribution in [0, 0.1) is 6.92 Å². The maximum Gasteiger partial charge on any atom is 0.519 e. The van der Waals surface area contributed by atoms with Crippen molar-refractivity contribution in [1.82, 2.24) is 0 Å². The maximum absolute atomic E-state index is 10.8. The normalized spacial score (nSPS) is 10.6. The van der Waals surface area contributed by atoms with Crippen molar-refractivity contribution in [3.63, 3.8) is 0 Å². The fraction of sp³-hybridized carbons (Fsp3) is 0.308. The van der Waals surface area contributed by atoms with E-state index in [1.54, 1.807) is 6.92 Å². The predicted molar refractivity (Wildman–Crippen MR) is 61.8 cm³/mol. The summed E-state index contributed by atoms with van der Waals surface area (Å²) in [6.45, 7) is 2.76. The molecule has 0 aliphatic heterocycles. The number of ether oxygens (including phenoxy) is 1. The average molecular weight is 234 g/mol. The predicted octanol–water partition coefficient (Wildman–Crippen LogP) is 2.30. The molecule has 1 aromatic heterocycles. The van der Waals surface area contributed by atoms with Gasteiger partial charge in [-0.3, -0.25) is 0 Å². The fourth-order valence-electron chi connectivity index (χ4n) is 1.53. The molecule has 2 aromatic rings. The third kappa shape index (κ3) is 3.32. The zero-order valence-corrected chi connectivity index (χ0v) is 9.64. The van der Waals surface area contributed by atoms with E-state index in [0.717, 1.165) is 5.56 Å². The quantitative estimate of drug-likeness (QED) is 0.745. The molecule has 0 atom stereocenters. The van der Waals surface area contributed by atoms with E-state index < -0.39 is 5.82 Å². The molecule has 4 nitrogen and oxygen atoms in total. The molecule has 0 fully saturated rings. The molecule has 0 aliphatic rings. The Morgan fingerprint density at radius 1 is 1.18 bits per heavy atom. The zero-order chi connectivity index (χ0) is 12.1. The largest absolute Gasteiger partial charge is 0.519 e. The van der Waals surface area contributed by atoms with Crippen LogP contribution in [0.2, 0.25) is 0 Å². The second-order valence-corrected chi connectivity index (χ2v) is 3.72. The topological polar surface area (TPSA) is 52.6 Å². The third-order valence-corrected chi connectivity index (χ3v) is 2.42. The number of aryl methyl sites for hydroxylation is 1. The van der Waals surface area contributed by atoms with E-state index in [-0.39, 0.29) is 0 Å². The highest BCUT2D eigenvalue weighted by atomic mass is 16.6. The number of rotatable bonds is 5. The third-order valence-electron chi connectivity index (χ3n) is 2.42. The van der Waals surface area contributed by atoms with Gasteiger partial charge in [0.1, 0.15) is 5.76 Å². The van der Waals surface area contributed by atoms with Crippen molar-refractivity contribution < 1.29 is 13.6 Å². The summed E-state index contributed by atoms with van der Waals surface area (Å²) in [6.07, 6.45) is 0.546. The Balaban J connectivity index is 1.77. The first kappa shape index (κ1) is 11.7. The van der Waals surface area contributed by atoms with E-state index in [1.807, 2.05) is 30.3 Å².